The van der Waals surface area contributed by atoms with Crippen LogP contribution in [0.1, 0.15) is 5.82 Å². The maximum absolute atomic E-state index is 11.3. The van der Waals surface area contributed by atoms with E-state index < -0.39 is 0 Å². The van der Waals surface area contributed by atoms with Crippen LogP contribution < -0.4 is 10.6 Å². The van der Waals surface area contributed by atoms with Crippen molar-refractivity contribution in [2.75, 3.05) is 19.6 Å². The second-order valence-electron chi connectivity index (χ2n) is 3.35. The quantitative estimate of drug-likeness (QED) is 0.471. The summed E-state index contributed by atoms with van der Waals surface area (Å²) in [5.41, 5.74) is 0. The Morgan fingerprint density at radius 2 is 2.50 bits per heavy atom. The molecule has 0 bridgehead atoms. The summed E-state index contributed by atoms with van der Waals surface area (Å²) in [5, 5.41) is 9.80. The maximum Gasteiger partial charge on any atom is 0.233 e. The minimum absolute atomic E-state index is 0.0298. The number of hydrogen-bond donors (Lipinski definition) is 2. The molecule has 0 saturated heterocycles. The van der Waals surface area contributed by atoms with E-state index >= 15 is 0 Å². The molecule has 2 N–H and O–H groups in total. The van der Waals surface area contributed by atoms with Crippen molar-refractivity contribution in [3.8, 4) is 0 Å². The fraction of sp³-hybridized carbons (Fsp3) is 0.500. The van der Waals surface area contributed by atoms with Crippen LogP contribution in [0.25, 0.3) is 0 Å². The predicted octanol–water partition coefficient (Wildman–Crippen LogP) is -0.751. The Labute approximate surface area is 94.7 Å². The molecule has 88 valence electrons. The molecule has 0 aliphatic rings. The molecule has 1 aromatic rings. The predicted molar refractivity (Wildman–Crippen MR) is 60.8 cm³/mol. The van der Waals surface area contributed by atoms with Crippen LogP contribution in [-0.4, -0.2) is 40.3 Å². The molecule has 0 aromatic carbocycles. The third-order valence-electron chi connectivity index (χ3n) is 1.89. The summed E-state index contributed by atoms with van der Waals surface area (Å²) in [5.74, 6) is 0.708. The SMILES string of the molecule is C=CCNCC(=O)NCCc1ncn(C)n1. The van der Waals surface area contributed by atoms with Gasteiger partial charge in [0.05, 0.1) is 6.54 Å². The molecular formula is C10H17N5O. The summed E-state index contributed by atoms with van der Waals surface area (Å²) in [6.07, 6.45) is 4.00. The maximum atomic E-state index is 11.3. The van der Waals surface area contributed by atoms with Gasteiger partial charge in [0.15, 0.2) is 5.82 Å². The topological polar surface area (TPSA) is 71.8 Å². The number of nitrogens with one attached hydrogen (secondary N) is 2. The van der Waals surface area contributed by atoms with Gasteiger partial charge in [0.1, 0.15) is 6.33 Å². The van der Waals surface area contributed by atoms with Crippen molar-refractivity contribution in [3.63, 3.8) is 0 Å². The normalized spacial score (nSPS) is 10.1. The fourth-order valence-corrected chi connectivity index (χ4v) is 1.16. The van der Waals surface area contributed by atoms with Crippen molar-refractivity contribution < 1.29 is 4.79 Å². The molecule has 0 fully saturated rings. The van der Waals surface area contributed by atoms with Crippen molar-refractivity contribution in [3.05, 3.63) is 24.8 Å². The van der Waals surface area contributed by atoms with E-state index in [2.05, 4.69) is 27.3 Å². The molecule has 1 rings (SSSR count). The fourth-order valence-electron chi connectivity index (χ4n) is 1.16. The van der Waals surface area contributed by atoms with Gasteiger partial charge in [0.25, 0.3) is 0 Å². The average molecular weight is 223 g/mol. The molecule has 0 aliphatic heterocycles. The number of rotatable bonds is 7. The summed E-state index contributed by atoms with van der Waals surface area (Å²) in [4.78, 5) is 15.3. The monoisotopic (exact) mass is 223 g/mol. The molecule has 0 radical (unpaired) electrons. The van der Waals surface area contributed by atoms with E-state index in [1.165, 1.54) is 0 Å². The molecule has 0 atom stereocenters. The summed E-state index contributed by atoms with van der Waals surface area (Å²) in [6.45, 7) is 5.04. The lowest BCUT2D eigenvalue weighted by atomic mass is 10.4. The first-order valence-corrected chi connectivity index (χ1v) is 5.15. The Morgan fingerprint density at radius 3 is 3.12 bits per heavy atom. The molecule has 0 spiro atoms. The van der Waals surface area contributed by atoms with Crippen LogP contribution in [0.2, 0.25) is 0 Å². The molecule has 16 heavy (non-hydrogen) atoms. The number of amides is 1. The molecule has 0 unspecified atom stereocenters. The Morgan fingerprint density at radius 1 is 1.69 bits per heavy atom. The average Bonchev–Trinajstić information content (AvgIpc) is 2.65. The second-order valence-corrected chi connectivity index (χ2v) is 3.35. The molecule has 0 aliphatic carbocycles. The van der Waals surface area contributed by atoms with Gasteiger partial charge in [-0.2, -0.15) is 5.10 Å². The zero-order valence-electron chi connectivity index (χ0n) is 9.44. The highest BCUT2D eigenvalue weighted by molar-refractivity contribution is 5.77. The van der Waals surface area contributed by atoms with Crippen molar-refractivity contribution in [1.82, 2.24) is 25.4 Å². The zero-order valence-corrected chi connectivity index (χ0v) is 9.44. The van der Waals surface area contributed by atoms with Crippen LogP contribution in [-0.2, 0) is 18.3 Å². The third kappa shape index (κ3) is 4.70. The smallest absolute Gasteiger partial charge is 0.233 e. The zero-order chi connectivity index (χ0) is 11.8. The molecule has 1 amide bonds. The molecule has 0 saturated carbocycles. The molecule has 6 heteroatoms. The largest absolute Gasteiger partial charge is 0.355 e. The number of nitrogens with zero attached hydrogens (tertiary/aromatic N) is 3. The highest BCUT2D eigenvalue weighted by Gasteiger charge is 2.01. The number of hydrogen-bond acceptors (Lipinski definition) is 4. The lowest BCUT2D eigenvalue weighted by Gasteiger charge is -2.03. The highest BCUT2D eigenvalue weighted by Crippen LogP contribution is 1.87. The minimum atomic E-state index is -0.0298. The number of carbonyl (C=O) groups excluding carboxylic acids is 1. The van der Waals surface area contributed by atoms with Gasteiger partial charge < -0.3 is 10.6 Å². The van der Waals surface area contributed by atoms with E-state index in [4.69, 9.17) is 0 Å². The van der Waals surface area contributed by atoms with Crippen molar-refractivity contribution >= 4 is 5.91 Å². The first kappa shape index (κ1) is 12.4. The lowest BCUT2D eigenvalue weighted by Crippen LogP contribution is -2.35. The summed E-state index contributed by atoms with van der Waals surface area (Å²) in [6, 6.07) is 0. The Balaban J connectivity index is 2.10. The second kappa shape index (κ2) is 6.73. The van der Waals surface area contributed by atoms with Gasteiger partial charge in [-0.25, -0.2) is 4.98 Å². The number of aryl methyl sites for hydroxylation is 1. The Kier molecular flexibility index (Phi) is 5.21. The molecule has 1 heterocycles. The van der Waals surface area contributed by atoms with Crippen LogP contribution >= 0.6 is 0 Å². The van der Waals surface area contributed by atoms with Crippen molar-refractivity contribution in [2.24, 2.45) is 7.05 Å². The summed E-state index contributed by atoms with van der Waals surface area (Å²) in [7, 11) is 1.81. The van der Waals surface area contributed by atoms with Crippen LogP contribution in [0.3, 0.4) is 0 Å². The van der Waals surface area contributed by atoms with Crippen LogP contribution in [0.15, 0.2) is 19.0 Å². The highest BCUT2D eigenvalue weighted by atomic mass is 16.1. The van der Waals surface area contributed by atoms with E-state index in [1.807, 2.05) is 7.05 Å². The summed E-state index contributed by atoms with van der Waals surface area (Å²) < 4.78 is 1.64. The summed E-state index contributed by atoms with van der Waals surface area (Å²) >= 11 is 0. The van der Waals surface area contributed by atoms with E-state index in [1.54, 1.807) is 17.1 Å². The standard InChI is InChI=1S/C10H17N5O/c1-3-5-11-7-10(16)12-6-4-9-13-8-15(2)14-9/h3,8,11H,1,4-7H2,2H3,(H,12,16). The van der Waals surface area contributed by atoms with Gasteiger partial charge in [-0.3, -0.25) is 9.48 Å². The molecule has 6 nitrogen and oxygen atoms in total. The van der Waals surface area contributed by atoms with Crippen molar-refractivity contribution in [2.45, 2.75) is 6.42 Å². The van der Waals surface area contributed by atoms with Gasteiger partial charge in [-0.15, -0.1) is 6.58 Å². The molecular weight excluding hydrogens is 206 g/mol. The van der Waals surface area contributed by atoms with Gasteiger partial charge in [0, 0.05) is 26.6 Å². The van der Waals surface area contributed by atoms with Gasteiger partial charge >= 0.3 is 0 Å². The van der Waals surface area contributed by atoms with Crippen LogP contribution in [0.4, 0.5) is 0 Å². The number of carbonyl (C=O) groups is 1. The van der Waals surface area contributed by atoms with E-state index in [9.17, 15) is 4.79 Å². The third-order valence-corrected chi connectivity index (χ3v) is 1.89. The lowest BCUT2D eigenvalue weighted by molar-refractivity contribution is -0.120. The van der Waals surface area contributed by atoms with Gasteiger partial charge in [0.2, 0.25) is 5.91 Å². The Hall–Kier alpha value is -1.69. The number of aromatic nitrogens is 3. The van der Waals surface area contributed by atoms with Gasteiger partial charge in [-0.05, 0) is 0 Å². The van der Waals surface area contributed by atoms with Crippen LogP contribution in [0.5, 0.6) is 0 Å². The van der Waals surface area contributed by atoms with E-state index in [0.29, 0.717) is 26.1 Å². The minimum Gasteiger partial charge on any atom is -0.355 e. The van der Waals surface area contributed by atoms with Gasteiger partial charge in [-0.1, -0.05) is 6.08 Å². The van der Waals surface area contributed by atoms with E-state index in [0.717, 1.165) is 5.82 Å². The van der Waals surface area contributed by atoms with E-state index in [-0.39, 0.29) is 5.91 Å². The van der Waals surface area contributed by atoms with Crippen molar-refractivity contribution in [1.29, 1.82) is 0 Å². The first-order valence-electron chi connectivity index (χ1n) is 5.15. The molecule has 1 aromatic heterocycles. The first-order chi connectivity index (χ1) is 7.72. The Bertz CT molecular complexity index is 347. The van der Waals surface area contributed by atoms with Crippen LogP contribution in [0, 0.1) is 0 Å².